The molecular formula is C6H13BClN. The highest BCUT2D eigenvalue weighted by molar-refractivity contribution is 6.17. The van der Waals surface area contributed by atoms with Crippen LogP contribution >= 0.6 is 11.6 Å². The highest BCUT2D eigenvalue weighted by Crippen LogP contribution is 1.90. The molecule has 0 N–H and O–H groups in total. The molecule has 2 radical (unpaired) electrons. The normalized spacial score (nSPS) is 10.6. The van der Waals surface area contributed by atoms with Crippen molar-refractivity contribution in [1.29, 1.82) is 0 Å². The van der Waals surface area contributed by atoms with Crippen LogP contribution in [-0.2, 0) is 0 Å². The van der Waals surface area contributed by atoms with Gasteiger partial charge in [0.25, 0.3) is 0 Å². The van der Waals surface area contributed by atoms with Crippen LogP contribution in [0.3, 0.4) is 0 Å². The predicted octanol–water partition coefficient (Wildman–Crippen LogP) is 1.13. The predicted molar refractivity (Wildman–Crippen MR) is 43.4 cm³/mol. The van der Waals surface area contributed by atoms with Gasteiger partial charge in [-0.2, -0.15) is 0 Å². The standard InChI is InChI=1S/C6H13BClN/c1-9(6-3-7)5-2-4-8/h2-6H2,1H3. The van der Waals surface area contributed by atoms with Crippen molar-refractivity contribution < 1.29 is 0 Å². The van der Waals surface area contributed by atoms with Gasteiger partial charge in [0.15, 0.2) is 0 Å². The Labute approximate surface area is 63.8 Å². The Morgan fingerprint density at radius 3 is 2.56 bits per heavy atom. The van der Waals surface area contributed by atoms with Crippen molar-refractivity contribution in [3.05, 3.63) is 0 Å². The molecule has 0 amide bonds. The third-order valence-electron chi connectivity index (χ3n) is 1.18. The topological polar surface area (TPSA) is 3.24 Å². The summed E-state index contributed by atoms with van der Waals surface area (Å²) < 4.78 is 0. The molecule has 0 saturated carbocycles. The van der Waals surface area contributed by atoms with Gasteiger partial charge in [0, 0.05) is 5.88 Å². The Balaban J connectivity index is 2.95. The van der Waals surface area contributed by atoms with Crippen LogP contribution in [0, 0.1) is 0 Å². The first-order valence-electron chi connectivity index (χ1n) is 3.26. The second-order valence-electron chi connectivity index (χ2n) is 2.13. The molecule has 0 atom stereocenters. The van der Waals surface area contributed by atoms with Crippen LogP contribution in [-0.4, -0.2) is 38.8 Å². The summed E-state index contributed by atoms with van der Waals surface area (Å²) in [5.41, 5.74) is 0. The molecule has 0 aromatic rings. The minimum atomic E-state index is 0.735. The van der Waals surface area contributed by atoms with E-state index in [2.05, 4.69) is 11.9 Å². The first-order valence-corrected chi connectivity index (χ1v) is 3.79. The lowest BCUT2D eigenvalue weighted by molar-refractivity contribution is 0.354. The van der Waals surface area contributed by atoms with E-state index in [1.807, 2.05) is 0 Å². The summed E-state index contributed by atoms with van der Waals surface area (Å²) in [6.07, 6.45) is 1.79. The van der Waals surface area contributed by atoms with Crippen LogP contribution in [0.2, 0.25) is 6.32 Å². The summed E-state index contributed by atoms with van der Waals surface area (Å²) in [7, 11) is 7.38. The molecule has 0 unspecified atom stereocenters. The van der Waals surface area contributed by atoms with E-state index in [1.165, 1.54) is 0 Å². The van der Waals surface area contributed by atoms with E-state index in [4.69, 9.17) is 19.4 Å². The molecule has 0 aromatic carbocycles. The minimum Gasteiger partial charge on any atom is -0.307 e. The van der Waals surface area contributed by atoms with Crippen molar-refractivity contribution in [3.63, 3.8) is 0 Å². The molecule has 9 heavy (non-hydrogen) atoms. The Morgan fingerprint density at radius 2 is 2.11 bits per heavy atom. The quantitative estimate of drug-likeness (QED) is 0.414. The van der Waals surface area contributed by atoms with Crippen molar-refractivity contribution in [2.24, 2.45) is 0 Å². The zero-order chi connectivity index (χ0) is 7.11. The molecule has 0 fully saturated rings. The van der Waals surface area contributed by atoms with Gasteiger partial charge < -0.3 is 4.90 Å². The molecule has 0 aliphatic heterocycles. The summed E-state index contributed by atoms with van der Waals surface area (Å²) in [6, 6.07) is 0. The Kier molecular flexibility index (Phi) is 6.66. The fourth-order valence-corrected chi connectivity index (χ4v) is 0.781. The van der Waals surface area contributed by atoms with Crippen LogP contribution in [0.5, 0.6) is 0 Å². The SMILES string of the molecule is [B]CCN(C)CCCCl. The summed E-state index contributed by atoms with van der Waals surface area (Å²) >= 11 is 5.49. The van der Waals surface area contributed by atoms with E-state index in [-0.39, 0.29) is 0 Å². The van der Waals surface area contributed by atoms with E-state index in [9.17, 15) is 0 Å². The maximum atomic E-state index is 5.49. The lowest BCUT2D eigenvalue weighted by atomic mass is 10.1. The van der Waals surface area contributed by atoms with E-state index >= 15 is 0 Å². The van der Waals surface area contributed by atoms with Crippen molar-refractivity contribution in [1.82, 2.24) is 4.90 Å². The lowest BCUT2D eigenvalue weighted by Crippen LogP contribution is -2.20. The van der Waals surface area contributed by atoms with Crippen molar-refractivity contribution >= 4 is 19.4 Å². The zero-order valence-corrected chi connectivity index (χ0v) is 6.69. The van der Waals surface area contributed by atoms with Gasteiger partial charge in [0.1, 0.15) is 0 Å². The number of rotatable bonds is 5. The maximum absolute atomic E-state index is 5.49. The van der Waals surface area contributed by atoms with Crippen LogP contribution in [0.4, 0.5) is 0 Å². The van der Waals surface area contributed by atoms with E-state index < -0.39 is 0 Å². The Morgan fingerprint density at radius 1 is 1.44 bits per heavy atom. The maximum Gasteiger partial charge on any atom is 0.0670 e. The fraction of sp³-hybridized carbons (Fsp3) is 1.00. The van der Waals surface area contributed by atoms with Crippen molar-refractivity contribution in [2.45, 2.75) is 12.7 Å². The lowest BCUT2D eigenvalue weighted by Gasteiger charge is -2.13. The summed E-state index contributed by atoms with van der Waals surface area (Å²) in [5, 5.41) is 0. The molecule has 1 nitrogen and oxygen atoms in total. The summed E-state index contributed by atoms with van der Waals surface area (Å²) in [4.78, 5) is 2.18. The molecule has 52 valence electrons. The van der Waals surface area contributed by atoms with E-state index in [1.54, 1.807) is 0 Å². The highest BCUT2D eigenvalue weighted by Gasteiger charge is 1.92. The second-order valence-corrected chi connectivity index (χ2v) is 2.51. The number of hydrogen-bond donors (Lipinski definition) is 0. The van der Waals surface area contributed by atoms with Gasteiger partial charge in [-0.15, -0.1) is 11.6 Å². The molecule has 0 saturated heterocycles. The average Bonchev–Trinajstić information content (AvgIpc) is 1.85. The summed E-state index contributed by atoms with van der Waals surface area (Å²) in [6.45, 7) is 2.03. The zero-order valence-electron chi connectivity index (χ0n) is 5.94. The summed E-state index contributed by atoms with van der Waals surface area (Å²) in [5.74, 6) is 0.745. The largest absolute Gasteiger partial charge is 0.307 e. The molecule has 0 heterocycles. The van der Waals surface area contributed by atoms with Gasteiger partial charge in [-0.05, 0) is 26.6 Å². The number of halogens is 1. The van der Waals surface area contributed by atoms with Gasteiger partial charge in [0.2, 0.25) is 0 Å². The molecule has 3 heteroatoms. The van der Waals surface area contributed by atoms with Crippen LogP contribution in [0.25, 0.3) is 0 Å². The molecule has 0 spiro atoms. The van der Waals surface area contributed by atoms with Gasteiger partial charge in [0.05, 0.1) is 7.85 Å². The molecule has 0 aliphatic carbocycles. The number of nitrogens with zero attached hydrogens (tertiary/aromatic N) is 1. The van der Waals surface area contributed by atoms with Crippen LogP contribution in [0.15, 0.2) is 0 Å². The van der Waals surface area contributed by atoms with Gasteiger partial charge in [-0.1, -0.05) is 6.32 Å². The van der Waals surface area contributed by atoms with E-state index in [0.29, 0.717) is 0 Å². The minimum absolute atomic E-state index is 0.735. The molecule has 0 bridgehead atoms. The Hall–Kier alpha value is 0.315. The van der Waals surface area contributed by atoms with Crippen molar-refractivity contribution in [3.8, 4) is 0 Å². The average molecular weight is 145 g/mol. The molecule has 0 aromatic heterocycles. The van der Waals surface area contributed by atoms with Crippen molar-refractivity contribution in [2.75, 3.05) is 26.0 Å². The third-order valence-corrected chi connectivity index (χ3v) is 1.45. The van der Waals surface area contributed by atoms with Gasteiger partial charge in [-0.25, -0.2) is 0 Å². The first-order chi connectivity index (χ1) is 4.31. The van der Waals surface area contributed by atoms with Crippen LogP contribution < -0.4 is 0 Å². The number of alkyl halides is 1. The molecule has 0 rings (SSSR count). The third kappa shape index (κ3) is 6.20. The van der Waals surface area contributed by atoms with Gasteiger partial charge >= 0.3 is 0 Å². The molecular weight excluding hydrogens is 132 g/mol. The highest BCUT2D eigenvalue weighted by atomic mass is 35.5. The second kappa shape index (κ2) is 6.44. The number of hydrogen-bond acceptors (Lipinski definition) is 1. The fourth-order valence-electron chi connectivity index (χ4n) is 0.662. The van der Waals surface area contributed by atoms with Gasteiger partial charge in [-0.3, -0.25) is 0 Å². The molecule has 0 aliphatic rings. The smallest absolute Gasteiger partial charge is 0.0670 e. The van der Waals surface area contributed by atoms with Crippen LogP contribution in [0.1, 0.15) is 6.42 Å². The van der Waals surface area contributed by atoms with E-state index in [0.717, 1.165) is 31.7 Å². The Bertz CT molecular complexity index is 61.0. The first kappa shape index (κ1) is 9.31. The monoisotopic (exact) mass is 145 g/mol.